The Balaban J connectivity index is 2.84. The lowest BCUT2D eigenvalue weighted by Crippen LogP contribution is -2.37. The van der Waals surface area contributed by atoms with Crippen LogP contribution in [0.4, 0.5) is 14.5 Å². The van der Waals surface area contributed by atoms with Gasteiger partial charge in [-0.05, 0) is 12.1 Å². The summed E-state index contributed by atoms with van der Waals surface area (Å²) in [6.45, 7) is 2.94. The minimum absolute atomic E-state index is 0.00532. The highest BCUT2D eigenvalue weighted by Gasteiger charge is 2.15. The van der Waals surface area contributed by atoms with Crippen molar-refractivity contribution in [3.63, 3.8) is 0 Å². The molecule has 0 saturated carbocycles. The van der Waals surface area contributed by atoms with Crippen molar-refractivity contribution in [2.75, 3.05) is 18.0 Å². The Morgan fingerprint density at radius 3 is 2.44 bits per heavy atom. The van der Waals surface area contributed by atoms with Crippen molar-refractivity contribution in [2.24, 2.45) is 0 Å². The SMILES string of the molecule is CC(=O)NCCN(C(C)=O)c1ccc(F)cc1F. The third-order valence-corrected chi connectivity index (χ3v) is 2.29. The van der Waals surface area contributed by atoms with Crippen LogP contribution in [0.3, 0.4) is 0 Å². The van der Waals surface area contributed by atoms with Gasteiger partial charge in [0.05, 0.1) is 5.69 Å². The number of nitrogens with one attached hydrogen (secondary N) is 1. The van der Waals surface area contributed by atoms with Crippen molar-refractivity contribution < 1.29 is 18.4 Å². The normalized spacial score (nSPS) is 10.0. The van der Waals surface area contributed by atoms with E-state index in [2.05, 4.69) is 5.32 Å². The largest absolute Gasteiger partial charge is 0.355 e. The van der Waals surface area contributed by atoms with Gasteiger partial charge in [0.2, 0.25) is 11.8 Å². The standard InChI is InChI=1S/C12H14F2N2O2/c1-8(17)15-5-6-16(9(2)18)12-4-3-10(13)7-11(12)14/h3-4,7H,5-6H2,1-2H3,(H,15,17). The van der Waals surface area contributed by atoms with E-state index in [9.17, 15) is 18.4 Å². The fourth-order valence-electron chi connectivity index (χ4n) is 1.49. The van der Waals surface area contributed by atoms with E-state index in [1.165, 1.54) is 19.9 Å². The maximum absolute atomic E-state index is 13.5. The number of carbonyl (C=O) groups excluding carboxylic acids is 2. The van der Waals surface area contributed by atoms with Gasteiger partial charge in [-0.2, -0.15) is 0 Å². The van der Waals surface area contributed by atoms with Crippen LogP contribution in [-0.4, -0.2) is 24.9 Å². The highest BCUT2D eigenvalue weighted by Crippen LogP contribution is 2.19. The number of carbonyl (C=O) groups is 2. The molecule has 0 atom stereocenters. The number of hydrogen-bond donors (Lipinski definition) is 1. The Hall–Kier alpha value is -1.98. The third-order valence-electron chi connectivity index (χ3n) is 2.29. The number of anilines is 1. The van der Waals surface area contributed by atoms with E-state index in [0.717, 1.165) is 11.0 Å². The molecule has 1 aromatic rings. The van der Waals surface area contributed by atoms with E-state index in [1.807, 2.05) is 0 Å². The summed E-state index contributed by atoms with van der Waals surface area (Å²) >= 11 is 0. The van der Waals surface area contributed by atoms with Gasteiger partial charge < -0.3 is 10.2 Å². The minimum atomic E-state index is -0.812. The van der Waals surface area contributed by atoms with Crippen LogP contribution in [0.2, 0.25) is 0 Å². The zero-order valence-corrected chi connectivity index (χ0v) is 10.2. The van der Waals surface area contributed by atoms with Gasteiger partial charge in [0, 0.05) is 33.0 Å². The molecule has 0 saturated heterocycles. The molecule has 18 heavy (non-hydrogen) atoms. The molecule has 1 aromatic carbocycles. The summed E-state index contributed by atoms with van der Waals surface area (Å²) in [4.78, 5) is 23.3. The molecule has 1 N–H and O–H groups in total. The second-order valence-corrected chi connectivity index (χ2v) is 3.75. The zero-order valence-electron chi connectivity index (χ0n) is 10.2. The quantitative estimate of drug-likeness (QED) is 0.886. The van der Waals surface area contributed by atoms with Crippen LogP contribution in [0.5, 0.6) is 0 Å². The van der Waals surface area contributed by atoms with Gasteiger partial charge in [0.15, 0.2) is 0 Å². The van der Waals surface area contributed by atoms with Gasteiger partial charge in [0.25, 0.3) is 0 Å². The molecule has 0 aliphatic heterocycles. The van der Waals surface area contributed by atoms with E-state index >= 15 is 0 Å². The predicted octanol–water partition coefficient (Wildman–Crippen LogP) is 1.45. The first-order chi connectivity index (χ1) is 8.41. The first kappa shape index (κ1) is 14.1. The van der Waals surface area contributed by atoms with Crippen molar-refractivity contribution in [3.8, 4) is 0 Å². The summed E-state index contributed by atoms with van der Waals surface area (Å²) in [5, 5.41) is 2.50. The molecular formula is C12H14F2N2O2. The lowest BCUT2D eigenvalue weighted by molar-refractivity contribution is -0.119. The molecule has 0 aromatic heterocycles. The highest BCUT2D eigenvalue weighted by atomic mass is 19.1. The van der Waals surface area contributed by atoms with Crippen molar-refractivity contribution in [1.29, 1.82) is 0 Å². The summed E-state index contributed by atoms with van der Waals surface area (Å²) in [7, 11) is 0. The number of rotatable bonds is 4. The zero-order chi connectivity index (χ0) is 13.7. The number of nitrogens with zero attached hydrogens (tertiary/aromatic N) is 1. The van der Waals surface area contributed by atoms with Crippen molar-refractivity contribution >= 4 is 17.5 Å². The monoisotopic (exact) mass is 256 g/mol. The van der Waals surface area contributed by atoms with Crippen molar-refractivity contribution in [2.45, 2.75) is 13.8 Å². The van der Waals surface area contributed by atoms with Crippen LogP contribution in [0.15, 0.2) is 18.2 Å². The summed E-state index contributed by atoms with van der Waals surface area (Å²) in [5.41, 5.74) is -0.00532. The van der Waals surface area contributed by atoms with Crippen LogP contribution in [0.25, 0.3) is 0 Å². The van der Waals surface area contributed by atoms with Gasteiger partial charge in [0.1, 0.15) is 11.6 Å². The first-order valence-corrected chi connectivity index (χ1v) is 5.39. The topological polar surface area (TPSA) is 49.4 Å². The summed E-state index contributed by atoms with van der Waals surface area (Å²) < 4.78 is 26.3. The van der Waals surface area contributed by atoms with Gasteiger partial charge in [-0.15, -0.1) is 0 Å². The van der Waals surface area contributed by atoms with Crippen molar-refractivity contribution in [1.82, 2.24) is 5.32 Å². The number of benzene rings is 1. The molecule has 6 heteroatoms. The van der Waals surface area contributed by atoms with Crippen LogP contribution >= 0.6 is 0 Å². The first-order valence-electron chi connectivity index (χ1n) is 5.39. The molecule has 0 spiro atoms. The van der Waals surface area contributed by atoms with Gasteiger partial charge in [-0.3, -0.25) is 9.59 Å². The predicted molar refractivity (Wildman–Crippen MR) is 63.1 cm³/mol. The van der Waals surface area contributed by atoms with Crippen LogP contribution < -0.4 is 10.2 Å². The molecule has 0 aliphatic rings. The summed E-state index contributed by atoms with van der Waals surface area (Å²) in [5.74, 6) is -2.14. The summed E-state index contributed by atoms with van der Waals surface area (Å²) in [6, 6.07) is 2.98. The fourth-order valence-corrected chi connectivity index (χ4v) is 1.49. The molecule has 0 heterocycles. The van der Waals surface area contributed by atoms with E-state index in [1.54, 1.807) is 0 Å². The Bertz CT molecular complexity index is 463. The average molecular weight is 256 g/mol. The minimum Gasteiger partial charge on any atom is -0.355 e. The molecule has 0 radical (unpaired) electrons. The van der Waals surface area contributed by atoms with Crippen LogP contribution in [0.1, 0.15) is 13.8 Å². The molecule has 0 fully saturated rings. The van der Waals surface area contributed by atoms with E-state index in [-0.39, 0.29) is 30.6 Å². The third kappa shape index (κ3) is 3.80. The number of halogens is 2. The average Bonchev–Trinajstić information content (AvgIpc) is 2.25. The summed E-state index contributed by atoms with van der Waals surface area (Å²) in [6.07, 6.45) is 0. The smallest absolute Gasteiger partial charge is 0.224 e. The number of hydrogen-bond acceptors (Lipinski definition) is 2. The maximum atomic E-state index is 13.5. The molecule has 0 aliphatic carbocycles. The van der Waals surface area contributed by atoms with E-state index in [0.29, 0.717) is 6.07 Å². The van der Waals surface area contributed by atoms with E-state index in [4.69, 9.17) is 0 Å². The lowest BCUT2D eigenvalue weighted by Gasteiger charge is -2.21. The molecule has 1 rings (SSSR count). The molecule has 98 valence electrons. The molecule has 2 amide bonds. The molecule has 0 bridgehead atoms. The molecular weight excluding hydrogens is 242 g/mol. The fraction of sp³-hybridized carbons (Fsp3) is 0.333. The van der Waals surface area contributed by atoms with Crippen LogP contribution in [-0.2, 0) is 9.59 Å². The second kappa shape index (κ2) is 6.09. The Labute approximate surface area is 104 Å². The Morgan fingerprint density at radius 1 is 1.28 bits per heavy atom. The molecule has 0 unspecified atom stereocenters. The van der Waals surface area contributed by atoms with Crippen LogP contribution in [0, 0.1) is 11.6 Å². The van der Waals surface area contributed by atoms with Crippen molar-refractivity contribution in [3.05, 3.63) is 29.8 Å². The second-order valence-electron chi connectivity index (χ2n) is 3.75. The Morgan fingerprint density at radius 2 is 1.94 bits per heavy atom. The highest BCUT2D eigenvalue weighted by molar-refractivity contribution is 5.91. The maximum Gasteiger partial charge on any atom is 0.224 e. The van der Waals surface area contributed by atoms with Gasteiger partial charge in [-0.1, -0.05) is 0 Å². The van der Waals surface area contributed by atoms with Gasteiger partial charge in [-0.25, -0.2) is 8.78 Å². The van der Waals surface area contributed by atoms with Gasteiger partial charge >= 0.3 is 0 Å². The molecule has 4 nitrogen and oxygen atoms in total. The Kier molecular flexibility index (Phi) is 4.76. The number of amides is 2. The lowest BCUT2D eigenvalue weighted by atomic mass is 10.2. The van der Waals surface area contributed by atoms with E-state index < -0.39 is 11.6 Å².